The molecule has 0 unspecified atom stereocenters. The van der Waals surface area contributed by atoms with E-state index in [1.807, 2.05) is 25.3 Å². The molecule has 0 aromatic heterocycles. The average molecular weight is 320 g/mol. The van der Waals surface area contributed by atoms with Crippen molar-refractivity contribution >= 4 is 34.4 Å². The first-order chi connectivity index (χ1) is 10.5. The van der Waals surface area contributed by atoms with E-state index >= 15 is 0 Å². The number of benzene rings is 1. The minimum absolute atomic E-state index is 0.0906. The summed E-state index contributed by atoms with van der Waals surface area (Å²) in [4.78, 5) is 30.4. The molecule has 1 heterocycles. The van der Waals surface area contributed by atoms with Crippen LogP contribution in [0.3, 0.4) is 0 Å². The van der Waals surface area contributed by atoms with Crippen LogP contribution in [0.2, 0.25) is 0 Å². The Bertz CT molecular complexity index is 613. The molecule has 1 aromatic carbocycles. The summed E-state index contributed by atoms with van der Waals surface area (Å²) in [6, 6.07) is 5.62. The van der Waals surface area contributed by atoms with Gasteiger partial charge in [0.15, 0.2) is 0 Å². The van der Waals surface area contributed by atoms with Gasteiger partial charge in [0.25, 0.3) is 5.91 Å². The number of rotatable bonds is 4. The third kappa shape index (κ3) is 3.88. The van der Waals surface area contributed by atoms with Gasteiger partial charge in [0.05, 0.1) is 35.9 Å². The molecule has 0 radical (unpaired) electrons. The molecule has 0 spiro atoms. The van der Waals surface area contributed by atoms with Crippen LogP contribution in [0.15, 0.2) is 23.2 Å². The van der Waals surface area contributed by atoms with Crippen molar-refractivity contribution in [3.8, 4) is 0 Å². The predicted octanol–water partition coefficient (Wildman–Crippen LogP) is 2.80. The fraction of sp³-hybridized carbons (Fsp3) is 0.438. The lowest BCUT2D eigenvalue weighted by molar-refractivity contribution is -0.143. The first-order valence-corrected chi connectivity index (χ1v) is 8.44. The lowest BCUT2D eigenvalue weighted by atomic mass is 10.1. The number of aryl methyl sites for hydroxylation is 1. The van der Waals surface area contributed by atoms with E-state index in [-0.39, 0.29) is 18.3 Å². The normalized spacial score (nSPS) is 14.2. The fourth-order valence-electron chi connectivity index (χ4n) is 2.24. The molecular formula is C16H20N2O3S. The Morgan fingerprint density at radius 3 is 2.91 bits per heavy atom. The van der Waals surface area contributed by atoms with E-state index in [4.69, 9.17) is 4.74 Å². The second kappa shape index (κ2) is 7.45. The van der Waals surface area contributed by atoms with Crippen LogP contribution in [0.5, 0.6) is 0 Å². The van der Waals surface area contributed by atoms with Gasteiger partial charge in [-0.3, -0.25) is 9.59 Å². The summed E-state index contributed by atoms with van der Waals surface area (Å²) in [5.41, 5.74) is 2.35. The maximum absolute atomic E-state index is 12.7. The Labute approximate surface area is 134 Å². The van der Waals surface area contributed by atoms with Crippen molar-refractivity contribution in [2.45, 2.75) is 20.3 Å². The standard InChI is InChI=1S/C16H20N2O3S/c1-4-21-15(19)7-8-18-10-14(22-3)17-13-9-11(2)5-6-12(13)16(18)20/h5-6,9H,4,7-8,10H2,1-3H3. The molecule has 0 aliphatic carbocycles. The predicted molar refractivity (Wildman–Crippen MR) is 88.9 cm³/mol. The Hall–Kier alpha value is -1.82. The highest BCUT2D eigenvalue weighted by Crippen LogP contribution is 2.27. The summed E-state index contributed by atoms with van der Waals surface area (Å²) in [6.45, 7) is 4.86. The van der Waals surface area contributed by atoms with Gasteiger partial charge in [-0.25, -0.2) is 4.99 Å². The summed E-state index contributed by atoms with van der Waals surface area (Å²) in [5, 5.41) is 0.863. The Morgan fingerprint density at radius 1 is 1.45 bits per heavy atom. The van der Waals surface area contributed by atoms with Crippen LogP contribution >= 0.6 is 11.8 Å². The highest BCUT2D eigenvalue weighted by Gasteiger charge is 2.24. The van der Waals surface area contributed by atoms with E-state index < -0.39 is 0 Å². The molecule has 6 heteroatoms. The van der Waals surface area contributed by atoms with E-state index in [9.17, 15) is 9.59 Å². The van der Waals surface area contributed by atoms with Crippen molar-refractivity contribution in [1.82, 2.24) is 4.90 Å². The topological polar surface area (TPSA) is 59.0 Å². The van der Waals surface area contributed by atoms with Gasteiger partial charge in [0.2, 0.25) is 0 Å². The highest BCUT2D eigenvalue weighted by atomic mass is 32.2. The molecule has 22 heavy (non-hydrogen) atoms. The summed E-state index contributed by atoms with van der Waals surface area (Å²) >= 11 is 1.52. The van der Waals surface area contributed by atoms with Gasteiger partial charge in [-0.2, -0.15) is 0 Å². The first-order valence-electron chi connectivity index (χ1n) is 7.22. The molecule has 5 nitrogen and oxygen atoms in total. The molecule has 1 aromatic rings. The molecule has 0 bridgehead atoms. The highest BCUT2D eigenvalue weighted by molar-refractivity contribution is 8.13. The number of esters is 1. The first kappa shape index (κ1) is 16.5. The second-order valence-corrected chi connectivity index (χ2v) is 5.89. The monoisotopic (exact) mass is 320 g/mol. The summed E-state index contributed by atoms with van der Waals surface area (Å²) in [7, 11) is 0. The molecule has 0 atom stereocenters. The zero-order chi connectivity index (χ0) is 16.1. The number of hydrogen-bond donors (Lipinski definition) is 0. The maximum atomic E-state index is 12.7. The van der Waals surface area contributed by atoms with Gasteiger partial charge in [-0.15, -0.1) is 11.8 Å². The van der Waals surface area contributed by atoms with Crippen LogP contribution < -0.4 is 0 Å². The second-order valence-electron chi connectivity index (χ2n) is 5.01. The van der Waals surface area contributed by atoms with Crippen LogP contribution in [0.1, 0.15) is 29.3 Å². The number of carbonyl (C=O) groups is 2. The molecule has 0 saturated heterocycles. The molecule has 1 aliphatic heterocycles. The summed E-state index contributed by atoms with van der Waals surface area (Å²) in [6.07, 6.45) is 2.13. The molecular weight excluding hydrogens is 300 g/mol. The smallest absolute Gasteiger partial charge is 0.307 e. The van der Waals surface area contributed by atoms with Gasteiger partial charge in [-0.05, 0) is 37.8 Å². The van der Waals surface area contributed by atoms with Crippen LogP contribution in [0, 0.1) is 6.92 Å². The molecule has 0 saturated carbocycles. The number of amides is 1. The van der Waals surface area contributed by atoms with Crippen molar-refractivity contribution in [2.24, 2.45) is 4.99 Å². The molecule has 118 valence electrons. The zero-order valence-electron chi connectivity index (χ0n) is 13.1. The number of hydrogen-bond acceptors (Lipinski definition) is 5. The Morgan fingerprint density at radius 2 is 2.23 bits per heavy atom. The number of nitrogens with zero attached hydrogens (tertiary/aromatic N) is 2. The molecule has 0 N–H and O–H groups in total. The third-order valence-electron chi connectivity index (χ3n) is 3.37. The summed E-state index contributed by atoms with van der Waals surface area (Å²) < 4.78 is 4.93. The van der Waals surface area contributed by atoms with E-state index in [0.717, 1.165) is 10.6 Å². The largest absolute Gasteiger partial charge is 0.466 e. The molecule has 2 rings (SSSR count). The van der Waals surface area contributed by atoms with E-state index in [1.165, 1.54) is 11.8 Å². The van der Waals surface area contributed by atoms with Crippen molar-refractivity contribution in [3.63, 3.8) is 0 Å². The Balaban J connectivity index is 2.23. The van der Waals surface area contributed by atoms with Crippen molar-refractivity contribution < 1.29 is 14.3 Å². The SMILES string of the molecule is CCOC(=O)CCN1CC(SC)=Nc2cc(C)ccc2C1=O. The van der Waals surface area contributed by atoms with Crippen molar-refractivity contribution in [2.75, 3.05) is 26.0 Å². The minimum Gasteiger partial charge on any atom is -0.466 e. The Kier molecular flexibility index (Phi) is 5.60. The van der Waals surface area contributed by atoms with Crippen LogP contribution in [-0.4, -0.2) is 47.8 Å². The van der Waals surface area contributed by atoms with Gasteiger partial charge >= 0.3 is 5.97 Å². The zero-order valence-corrected chi connectivity index (χ0v) is 13.9. The van der Waals surface area contributed by atoms with Gasteiger partial charge in [0, 0.05) is 6.54 Å². The lowest BCUT2D eigenvalue weighted by Gasteiger charge is -2.20. The van der Waals surface area contributed by atoms with Crippen molar-refractivity contribution in [3.05, 3.63) is 29.3 Å². The number of carbonyl (C=O) groups excluding carboxylic acids is 2. The fourth-order valence-corrected chi connectivity index (χ4v) is 2.71. The van der Waals surface area contributed by atoms with Crippen LogP contribution in [0.25, 0.3) is 0 Å². The van der Waals surface area contributed by atoms with Crippen molar-refractivity contribution in [1.29, 1.82) is 0 Å². The number of thioether (sulfide) groups is 1. The van der Waals surface area contributed by atoms with Crippen LogP contribution in [0.4, 0.5) is 5.69 Å². The number of fused-ring (bicyclic) bond motifs is 1. The maximum Gasteiger partial charge on any atom is 0.307 e. The number of ether oxygens (including phenoxy) is 1. The van der Waals surface area contributed by atoms with Gasteiger partial charge < -0.3 is 9.64 Å². The molecule has 1 amide bonds. The van der Waals surface area contributed by atoms with E-state index in [1.54, 1.807) is 17.9 Å². The summed E-state index contributed by atoms with van der Waals surface area (Å²) in [5.74, 6) is -0.376. The third-order valence-corrected chi connectivity index (χ3v) is 4.06. The lowest BCUT2D eigenvalue weighted by Crippen LogP contribution is -2.35. The van der Waals surface area contributed by atoms with Gasteiger partial charge in [0.1, 0.15) is 0 Å². The molecule has 0 fully saturated rings. The number of aliphatic imine (C=N–C) groups is 1. The van der Waals surface area contributed by atoms with Gasteiger partial charge in [-0.1, -0.05) is 6.07 Å². The quantitative estimate of drug-likeness (QED) is 0.801. The minimum atomic E-state index is -0.286. The van der Waals surface area contributed by atoms with E-state index in [2.05, 4.69) is 4.99 Å². The molecule has 1 aliphatic rings. The average Bonchev–Trinajstić information content (AvgIpc) is 2.62. The van der Waals surface area contributed by atoms with E-state index in [0.29, 0.717) is 30.9 Å². The van der Waals surface area contributed by atoms with Crippen LogP contribution in [-0.2, 0) is 9.53 Å².